The topological polar surface area (TPSA) is 55.5 Å². The molecule has 1 fully saturated rings. The van der Waals surface area contributed by atoms with Crippen molar-refractivity contribution in [2.45, 2.75) is 52.2 Å². The zero-order valence-electron chi connectivity index (χ0n) is 12.8. The first-order valence-electron chi connectivity index (χ1n) is 7.51. The van der Waals surface area contributed by atoms with Gasteiger partial charge in [-0.1, -0.05) is 32.9 Å². The first-order chi connectivity index (χ1) is 9.35. The molecule has 0 aliphatic heterocycles. The van der Waals surface area contributed by atoms with Gasteiger partial charge in [0, 0.05) is 5.69 Å². The van der Waals surface area contributed by atoms with Gasteiger partial charge in [-0.3, -0.25) is 0 Å². The molecule has 3 unspecified atom stereocenters. The Morgan fingerprint density at radius 1 is 1.40 bits per heavy atom. The summed E-state index contributed by atoms with van der Waals surface area (Å²) in [4.78, 5) is 0. The number of nitrogen functional groups attached to an aromatic ring is 1. The van der Waals surface area contributed by atoms with E-state index in [2.05, 4.69) is 20.8 Å². The number of anilines is 1. The molecule has 0 radical (unpaired) electrons. The second-order valence-corrected chi connectivity index (χ2v) is 7.05. The van der Waals surface area contributed by atoms with E-state index in [0.717, 1.165) is 18.4 Å². The highest BCUT2D eigenvalue weighted by Crippen LogP contribution is 2.39. The molecule has 2 rings (SSSR count). The molecule has 1 aromatic carbocycles. The summed E-state index contributed by atoms with van der Waals surface area (Å²) in [6, 6.07) is 7.38. The molecule has 0 bridgehead atoms. The SMILES string of the molecule is CC1CC(OCC(O)c2cccc(N)c2)CC(C)(C)C1. The van der Waals surface area contributed by atoms with Crippen molar-refractivity contribution >= 4 is 5.69 Å². The monoisotopic (exact) mass is 277 g/mol. The third-order valence-electron chi connectivity index (χ3n) is 4.13. The lowest BCUT2D eigenvalue weighted by Crippen LogP contribution is -2.33. The van der Waals surface area contributed by atoms with Crippen molar-refractivity contribution in [3.8, 4) is 0 Å². The van der Waals surface area contributed by atoms with Crippen molar-refractivity contribution in [1.29, 1.82) is 0 Å². The fraction of sp³-hybridized carbons (Fsp3) is 0.647. The maximum absolute atomic E-state index is 10.2. The first kappa shape index (κ1) is 15.3. The second-order valence-electron chi connectivity index (χ2n) is 7.05. The molecule has 1 aliphatic carbocycles. The minimum Gasteiger partial charge on any atom is -0.399 e. The van der Waals surface area contributed by atoms with Gasteiger partial charge < -0.3 is 15.6 Å². The van der Waals surface area contributed by atoms with Crippen LogP contribution in [0.1, 0.15) is 51.7 Å². The average molecular weight is 277 g/mol. The standard InChI is InChI=1S/C17H27NO2/c1-12-7-15(10-17(2,3)9-12)20-11-16(19)13-5-4-6-14(18)8-13/h4-6,8,12,15-16,19H,7,9-11,18H2,1-3H3. The van der Waals surface area contributed by atoms with Crippen LogP contribution >= 0.6 is 0 Å². The maximum Gasteiger partial charge on any atom is 0.102 e. The Bertz CT molecular complexity index is 444. The van der Waals surface area contributed by atoms with E-state index >= 15 is 0 Å². The number of aliphatic hydroxyl groups excluding tert-OH is 1. The highest BCUT2D eigenvalue weighted by molar-refractivity contribution is 5.41. The molecule has 3 N–H and O–H groups in total. The van der Waals surface area contributed by atoms with Crippen molar-refractivity contribution < 1.29 is 9.84 Å². The summed E-state index contributed by atoms with van der Waals surface area (Å²) in [6.07, 6.45) is 3.07. The van der Waals surface area contributed by atoms with Crippen LogP contribution in [-0.4, -0.2) is 17.8 Å². The van der Waals surface area contributed by atoms with Gasteiger partial charge in [0.2, 0.25) is 0 Å². The van der Waals surface area contributed by atoms with Crippen LogP contribution < -0.4 is 5.73 Å². The van der Waals surface area contributed by atoms with Crippen molar-refractivity contribution in [3.05, 3.63) is 29.8 Å². The van der Waals surface area contributed by atoms with Gasteiger partial charge in [0.05, 0.1) is 12.7 Å². The highest BCUT2D eigenvalue weighted by atomic mass is 16.5. The molecule has 20 heavy (non-hydrogen) atoms. The summed E-state index contributed by atoms with van der Waals surface area (Å²) >= 11 is 0. The highest BCUT2D eigenvalue weighted by Gasteiger charge is 2.32. The molecule has 3 heteroatoms. The van der Waals surface area contributed by atoms with E-state index in [1.807, 2.05) is 24.3 Å². The number of hydrogen-bond acceptors (Lipinski definition) is 3. The molecular weight excluding hydrogens is 250 g/mol. The predicted octanol–water partition coefficient (Wildman–Crippen LogP) is 3.53. The molecule has 3 atom stereocenters. The fourth-order valence-corrected chi connectivity index (χ4v) is 3.48. The number of hydrogen-bond donors (Lipinski definition) is 2. The molecule has 0 heterocycles. The van der Waals surface area contributed by atoms with E-state index in [1.165, 1.54) is 6.42 Å². The quantitative estimate of drug-likeness (QED) is 0.828. The van der Waals surface area contributed by atoms with Crippen LogP contribution in [0.5, 0.6) is 0 Å². The van der Waals surface area contributed by atoms with Crippen molar-refractivity contribution in [2.24, 2.45) is 11.3 Å². The Kier molecular flexibility index (Phi) is 4.71. The molecule has 0 spiro atoms. The molecule has 1 saturated carbocycles. The number of aliphatic hydroxyl groups is 1. The van der Waals surface area contributed by atoms with E-state index in [0.29, 0.717) is 23.6 Å². The van der Waals surface area contributed by atoms with Gasteiger partial charge in [-0.15, -0.1) is 0 Å². The molecule has 3 nitrogen and oxygen atoms in total. The van der Waals surface area contributed by atoms with Crippen molar-refractivity contribution in [1.82, 2.24) is 0 Å². The van der Waals surface area contributed by atoms with E-state index in [9.17, 15) is 5.11 Å². The lowest BCUT2D eigenvalue weighted by Gasteiger charge is -2.39. The zero-order chi connectivity index (χ0) is 14.8. The predicted molar refractivity (Wildman–Crippen MR) is 82.4 cm³/mol. The number of benzene rings is 1. The van der Waals surface area contributed by atoms with Gasteiger partial charge >= 0.3 is 0 Å². The second kappa shape index (κ2) is 6.15. The summed E-state index contributed by atoms with van der Waals surface area (Å²) in [7, 11) is 0. The van der Waals surface area contributed by atoms with Crippen LogP contribution in [0.3, 0.4) is 0 Å². The molecule has 1 aliphatic rings. The summed E-state index contributed by atoms with van der Waals surface area (Å²) in [5.41, 5.74) is 7.58. The van der Waals surface area contributed by atoms with Gasteiger partial charge in [-0.2, -0.15) is 0 Å². The molecule has 0 saturated heterocycles. The van der Waals surface area contributed by atoms with E-state index in [1.54, 1.807) is 0 Å². The van der Waals surface area contributed by atoms with Gasteiger partial charge in [-0.25, -0.2) is 0 Å². The molecule has 0 aromatic heterocycles. The van der Waals surface area contributed by atoms with Gasteiger partial charge in [0.15, 0.2) is 0 Å². The Labute approximate surface area is 122 Å². The minimum absolute atomic E-state index is 0.254. The molecule has 0 amide bonds. The van der Waals surface area contributed by atoms with Crippen molar-refractivity contribution in [2.75, 3.05) is 12.3 Å². The summed E-state index contributed by atoms with van der Waals surface area (Å²) in [6.45, 7) is 7.23. The molecule has 1 aromatic rings. The Balaban J connectivity index is 1.88. The fourth-order valence-electron chi connectivity index (χ4n) is 3.48. The van der Waals surface area contributed by atoms with Crippen LogP contribution in [0, 0.1) is 11.3 Å². The van der Waals surface area contributed by atoms with Gasteiger partial charge in [-0.05, 0) is 48.3 Å². The van der Waals surface area contributed by atoms with E-state index in [-0.39, 0.29) is 6.10 Å². The summed E-state index contributed by atoms with van der Waals surface area (Å²) in [5.74, 6) is 0.688. The van der Waals surface area contributed by atoms with Gasteiger partial charge in [0.25, 0.3) is 0 Å². The van der Waals surface area contributed by atoms with Gasteiger partial charge in [0.1, 0.15) is 6.10 Å². The summed E-state index contributed by atoms with van der Waals surface area (Å²) < 4.78 is 5.95. The minimum atomic E-state index is -0.598. The lowest BCUT2D eigenvalue weighted by molar-refractivity contribution is -0.0564. The zero-order valence-corrected chi connectivity index (χ0v) is 12.8. The Morgan fingerprint density at radius 3 is 2.80 bits per heavy atom. The maximum atomic E-state index is 10.2. The van der Waals surface area contributed by atoms with Crippen LogP contribution in [0.25, 0.3) is 0 Å². The third-order valence-corrected chi connectivity index (χ3v) is 4.13. The number of ether oxygens (including phenoxy) is 1. The number of nitrogens with two attached hydrogens (primary N) is 1. The van der Waals surface area contributed by atoms with E-state index in [4.69, 9.17) is 10.5 Å². The number of rotatable bonds is 4. The van der Waals surface area contributed by atoms with Crippen LogP contribution in [0.4, 0.5) is 5.69 Å². The van der Waals surface area contributed by atoms with E-state index < -0.39 is 6.10 Å². The smallest absolute Gasteiger partial charge is 0.102 e. The Morgan fingerprint density at radius 2 is 2.15 bits per heavy atom. The largest absolute Gasteiger partial charge is 0.399 e. The van der Waals surface area contributed by atoms with Crippen LogP contribution in [0.2, 0.25) is 0 Å². The molecule has 112 valence electrons. The molecular formula is C17H27NO2. The Hall–Kier alpha value is -1.06. The third kappa shape index (κ3) is 4.22. The van der Waals surface area contributed by atoms with Crippen LogP contribution in [-0.2, 0) is 4.74 Å². The average Bonchev–Trinajstić information content (AvgIpc) is 2.33. The first-order valence-corrected chi connectivity index (χ1v) is 7.51. The normalized spacial score (nSPS) is 27.2. The summed E-state index contributed by atoms with van der Waals surface area (Å²) in [5, 5.41) is 10.2. The van der Waals surface area contributed by atoms with Crippen molar-refractivity contribution in [3.63, 3.8) is 0 Å². The lowest BCUT2D eigenvalue weighted by atomic mass is 9.71. The van der Waals surface area contributed by atoms with Crippen LogP contribution in [0.15, 0.2) is 24.3 Å².